The predicted octanol–water partition coefficient (Wildman–Crippen LogP) is 3.46. The number of ketones is 1. The van der Waals surface area contributed by atoms with Crippen LogP contribution in [-0.4, -0.2) is 33.9 Å². The van der Waals surface area contributed by atoms with Gasteiger partial charge in [-0.05, 0) is 33.0 Å². The molecule has 114 valence electrons. The van der Waals surface area contributed by atoms with Crippen molar-refractivity contribution in [2.24, 2.45) is 0 Å². The lowest BCUT2D eigenvalue weighted by molar-refractivity contribution is -0.384. The molecule has 21 heavy (non-hydrogen) atoms. The first-order valence-electron chi connectivity index (χ1n) is 6.27. The highest BCUT2D eigenvalue weighted by atomic mass is 35.5. The normalized spacial score (nSPS) is 10.1. The molecule has 0 saturated carbocycles. The van der Waals surface area contributed by atoms with Crippen molar-refractivity contribution in [3.8, 4) is 5.75 Å². The molecule has 0 saturated heterocycles. The Kier molecular flexibility index (Phi) is 6.04. The number of non-ortho nitro benzene ring substituents is 1. The number of carbonyl (C=O) groups is 1. The Labute approximate surface area is 132 Å². The molecule has 6 nitrogen and oxygen atoms in total. The molecule has 1 aromatic rings. The fourth-order valence-corrected chi connectivity index (χ4v) is 2.28. The van der Waals surface area contributed by atoms with Gasteiger partial charge < -0.3 is 9.64 Å². The van der Waals surface area contributed by atoms with Crippen LogP contribution in [0.3, 0.4) is 0 Å². The molecule has 0 unspecified atom stereocenters. The molecule has 0 atom stereocenters. The Bertz CT molecular complexity index is 588. The van der Waals surface area contributed by atoms with Gasteiger partial charge in [0.25, 0.3) is 10.9 Å². The smallest absolute Gasteiger partial charge is 0.271 e. The predicted molar refractivity (Wildman–Crippen MR) is 84.3 cm³/mol. The fraction of sp³-hybridized carbons (Fsp3) is 0.385. The van der Waals surface area contributed by atoms with Gasteiger partial charge in [0.05, 0.1) is 15.5 Å². The summed E-state index contributed by atoms with van der Waals surface area (Å²) in [5.41, 5.74) is -0.241. The van der Waals surface area contributed by atoms with Crippen LogP contribution in [0.2, 0.25) is 5.02 Å². The first-order chi connectivity index (χ1) is 9.81. The van der Waals surface area contributed by atoms with E-state index in [1.807, 2.05) is 13.8 Å². The highest BCUT2D eigenvalue weighted by molar-refractivity contribution is 7.80. The molecular weight excluding hydrogens is 316 g/mol. The molecule has 1 rings (SSSR count). The molecule has 0 N–H and O–H groups in total. The number of rotatable bonds is 5. The number of nitro benzene ring substituents is 1. The summed E-state index contributed by atoms with van der Waals surface area (Å²) in [5, 5.41) is 11.0. The number of carbonyl (C=O) groups excluding carboxylic acids is 1. The van der Waals surface area contributed by atoms with Gasteiger partial charge in [0, 0.05) is 25.2 Å². The van der Waals surface area contributed by atoms with E-state index < -0.39 is 10.7 Å². The van der Waals surface area contributed by atoms with Crippen LogP contribution in [0.5, 0.6) is 5.75 Å². The first-order valence-corrected chi connectivity index (χ1v) is 7.06. The lowest BCUT2D eigenvalue weighted by atomic mass is 10.1. The standard InChI is InChI=1S/C13H15ClN2O4S/c1-4-15(5-2)13(21)20-12-10(8(3)17)6-9(16(18)19)7-11(12)14/h6-7H,4-5H2,1-3H3. The van der Waals surface area contributed by atoms with E-state index >= 15 is 0 Å². The van der Waals surface area contributed by atoms with Crippen molar-refractivity contribution < 1.29 is 14.5 Å². The summed E-state index contributed by atoms with van der Waals surface area (Å²) in [4.78, 5) is 23.6. The molecule has 0 heterocycles. The van der Waals surface area contributed by atoms with E-state index in [9.17, 15) is 14.9 Å². The van der Waals surface area contributed by atoms with Gasteiger partial charge in [0.15, 0.2) is 11.5 Å². The van der Waals surface area contributed by atoms with E-state index in [1.165, 1.54) is 6.92 Å². The minimum absolute atomic E-state index is 0.0242. The third-order valence-corrected chi connectivity index (χ3v) is 3.45. The third kappa shape index (κ3) is 4.12. The summed E-state index contributed by atoms with van der Waals surface area (Å²) in [5.74, 6) is -0.343. The lowest BCUT2D eigenvalue weighted by Crippen LogP contribution is -2.33. The quantitative estimate of drug-likeness (QED) is 0.356. The second-order valence-corrected chi connectivity index (χ2v) is 4.91. The molecule has 0 bridgehead atoms. The number of halogens is 1. The topological polar surface area (TPSA) is 72.7 Å². The van der Waals surface area contributed by atoms with E-state index in [-0.39, 0.29) is 27.2 Å². The van der Waals surface area contributed by atoms with Crippen molar-refractivity contribution in [3.63, 3.8) is 0 Å². The third-order valence-electron chi connectivity index (χ3n) is 2.83. The lowest BCUT2D eigenvalue weighted by Gasteiger charge is -2.22. The van der Waals surface area contributed by atoms with Crippen LogP contribution in [-0.2, 0) is 0 Å². The van der Waals surface area contributed by atoms with Crippen LogP contribution in [0, 0.1) is 10.1 Å². The Balaban J connectivity index is 3.26. The molecule has 0 amide bonds. The highest BCUT2D eigenvalue weighted by Crippen LogP contribution is 2.34. The molecule has 0 aliphatic carbocycles. The number of hydrogen-bond acceptors (Lipinski definition) is 5. The maximum Gasteiger partial charge on any atom is 0.271 e. The summed E-state index contributed by atoms with van der Waals surface area (Å²) in [6.45, 7) is 6.36. The van der Waals surface area contributed by atoms with Crippen molar-refractivity contribution in [2.75, 3.05) is 13.1 Å². The monoisotopic (exact) mass is 330 g/mol. The number of thiocarbonyl (C=S) groups is 1. The maximum atomic E-state index is 11.7. The Morgan fingerprint density at radius 2 is 2.00 bits per heavy atom. The molecule has 8 heteroatoms. The van der Waals surface area contributed by atoms with E-state index in [2.05, 4.69) is 0 Å². The van der Waals surface area contributed by atoms with E-state index in [1.54, 1.807) is 4.90 Å². The summed E-state index contributed by atoms with van der Waals surface area (Å²) in [7, 11) is 0. The zero-order valence-electron chi connectivity index (χ0n) is 11.9. The van der Waals surface area contributed by atoms with Gasteiger partial charge in [-0.15, -0.1) is 0 Å². The second kappa shape index (κ2) is 7.33. The van der Waals surface area contributed by atoms with Gasteiger partial charge >= 0.3 is 0 Å². The van der Waals surface area contributed by atoms with Crippen LogP contribution in [0.15, 0.2) is 12.1 Å². The molecule has 0 aromatic heterocycles. The van der Waals surface area contributed by atoms with Gasteiger partial charge in [0.1, 0.15) is 0 Å². The van der Waals surface area contributed by atoms with Crippen LogP contribution in [0.25, 0.3) is 0 Å². The van der Waals surface area contributed by atoms with Gasteiger partial charge in [-0.1, -0.05) is 11.6 Å². The van der Waals surface area contributed by atoms with Crippen LogP contribution >= 0.6 is 23.8 Å². The highest BCUT2D eigenvalue weighted by Gasteiger charge is 2.21. The Hall–Kier alpha value is -1.73. The van der Waals surface area contributed by atoms with Crippen LogP contribution < -0.4 is 4.74 Å². The van der Waals surface area contributed by atoms with Gasteiger partial charge in [-0.25, -0.2) is 0 Å². The zero-order valence-corrected chi connectivity index (χ0v) is 13.5. The van der Waals surface area contributed by atoms with E-state index in [0.29, 0.717) is 13.1 Å². The largest absolute Gasteiger partial charge is 0.429 e. The van der Waals surface area contributed by atoms with Crippen molar-refractivity contribution in [3.05, 3.63) is 32.8 Å². The Morgan fingerprint density at radius 3 is 2.43 bits per heavy atom. The molecule has 1 aromatic carbocycles. The number of nitrogens with zero attached hydrogens (tertiary/aromatic N) is 2. The molecular formula is C13H15ClN2O4S. The minimum Gasteiger partial charge on any atom is -0.429 e. The van der Waals surface area contributed by atoms with E-state index in [4.69, 9.17) is 28.6 Å². The van der Waals surface area contributed by atoms with Gasteiger partial charge in [-0.2, -0.15) is 0 Å². The van der Waals surface area contributed by atoms with Crippen LogP contribution in [0.1, 0.15) is 31.1 Å². The molecule has 0 fully saturated rings. The SMILES string of the molecule is CCN(CC)C(=S)Oc1c(Cl)cc([N+](=O)[O-])cc1C(C)=O. The van der Waals surface area contributed by atoms with Crippen molar-refractivity contribution in [1.82, 2.24) is 4.90 Å². The molecule has 0 aliphatic rings. The number of benzene rings is 1. The van der Waals surface area contributed by atoms with Gasteiger partial charge in [0.2, 0.25) is 0 Å². The van der Waals surface area contributed by atoms with Crippen molar-refractivity contribution in [2.45, 2.75) is 20.8 Å². The molecule has 0 spiro atoms. The molecule has 0 aliphatic heterocycles. The van der Waals surface area contributed by atoms with Gasteiger partial charge in [-0.3, -0.25) is 14.9 Å². The number of Topliss-reactive ketones (excluding diaryl/α,β-unsaturated/α-hetero) is 1. The number of hydrogen-bond donors (Lipinski definition) is 0. The summed E-state index contributed by atoms with van der Waals surface area (Å²) in [6.07, 6.45) is 0. The first kappa shape index (κ1) is 17.3. The summed E-state index contributed by atoms with van der Waals surface area (Å²) < 4.78 is 5.50. The van der Waals surface area contributed by atoms with E-state index in [0.717, 1.165) is 12.1 Å². The minimum atomic E-state index is -0.620. The average molecular weight is 331 g/mol. The maximum absolute atomic E-state index is 11.7. The number of nitro groups is 1. The zero-order chi connectivity index (χ0) is 16.2. The van der Waals surface area contributed by atoms with Crippen molar-refractivity contribution in [1.29, 1.82) is 0 Å². The summed E-state index contributed by atoms with van der Waals surface area (Å²) >= 11 is 11.1. The van der Waals surface area contributed by atoms with Crippen LogP contribution in [0.4, 0.5) is 5.69 Å². The summed E-state index contributed by atoms with van der Waals surface area (Å²) in [6, 6.07) is 2.27. The Morgan fingerprint density at radius 1 is 1.43 bits per heavy atom. The molecule has 0 radical (unpaired) electrons. The number of ether oxygens (including phenoxy) is 1. The van der Waals surface area contributed by atoms with Crippen molar-refractivity contribution >= 4 is 40.5 Å². The fourth-order valence-electron chi connectivity index (χ4n) is 1.68. The second-order valence-electron chi connectivity index (χ2n) is 4.16. The average Bonchev–Trinajstić information content (AvgIpc) is 2.41.